The van der Waals surface area contributed by atoms with Crippen LogP contribution >= 0.6 is 24.0 Å². The number of nitrogens with one attached hydrogen (secondary N) is 2. The first-order valence-electron chi connectivity index (χ1n) is 9.94. The predicted molar refractivity (Wildman–Crippen MR) is 131 cm³/mol. The molecule has 0 radical (unpaired) electrons. The van der Waals surface area contributed by atoms with Gasteiger partial charge in [-0.05, 0) is 37.3 Å². The van der Waals surface area contributed by atoms with Gasteiger partial charge in [0.05, 0.1) is 12.9 Å². The highest BCUT2D eigenvalue weighted by molar-refractivity contribution is 14.0. The van der Waals surface area contributed by atoms with Crippen molar-refractivity contribution in [3.63, 3.8) is 0 Å². The van der Waals surface area contributed by atoms with E-state index in [9.17, 15) is 8.42 Å². The lowest BCUT2D eigenvalue weighted by Gasteiger charge is -2.30. The highest BCUT2D eigenvalue weighted by Crippen LogP contribution is 2.21. The normalized spacial score (nSPS) is 16.1. The van der Waals surface area contributed by atoms with Crippen LogP contribution in [-0.2, 0) is 21.3 Å². The minimum atomic E-state index is -3.08. The molecule has 1 aliphatic rings. The van der Waals surface area contributed by atoms with Crippen LogP contribution < -0.4 is 15.4 Å². The number of halogens is 1. The van der Waals surface area contributed by atoms with Crippen LogP contribution in [0.2, 0.25) is 0 Å². The molecule has 10 heteroatoms. The summed E-state index contributed by atoms with van der Waals surface area (Å²) in [6.45, 7) is 5.62. The van der Waals surface area contributed by atoms with Gasteiger partial charge in [-0.15, -0.1) is 24.0 Å². The summed E-state index contributed by atoms with van der Waals surface area (Å²) in [4.78, 5) is 4.29. The monoisotopic (exact) mass is 554 g/mol. The first kappa shape index (κ1) is 26.9. The van der Waals surface area contributed by atoms with Crippen molar-refractivity contribution in [1.82, 2.24) is 14.9 Å². The van der Waals surface area contributed by atoms with Gasteiger partial charge in [0.25, 0.3) is 0 Å². The van der Waals surface area contributed by atoms with Gasteiger partial charge in [0.15, 0.2) is 5.96 Å². The highest BCUT2D eigenvalue weighted by Gasteiger charge is 2.24. The summed E-state index contributed by atoms with van der Waals surface area (Å²) in [7, 11) is 0.315. The maximum Gasteiger partial charge on any atom is 0.211 e. The Balaban J connectivity index is 0.00000450. The summed E-state index contributed by atoms with van der Waals surface area (Å²) in [5.41, 5.74) is 2.19. The average Bonchev–Trinajstić information content (AvgIpc) is 2.69. The highest BCUT2D eigenvalue weighted by atomic mass is 127. The number of hydrogen-bond donors (Lipinski definition) is 2. The van der Waals surface area contributed by atoms with Crippen LogP contribution in [0.1, 0.15) is 24.0 Å². The quantitative estimate of drug-likeness (QED) is 0.210. The molecule has 1 aliphatic heterocycles. The molecule has 1 aromatic rings. The predicted octanol–water partition coefficient (Wildman–Crippen LogP) is 1.97. The van der Waals surface area contributed by atoms with Gasteiger partial charge in [0.2, 0.25) is 10.0 Å². The summed E-state index contributed by atoms with van der Waals surface area (Å²) >= 11 is 0. The largest absolute Gasteiger partial charge is 0.491 e. The maximum absolute atomic E-state index is 11.6. The van der Waals surface area contributed by atoms with Crippen LogP contribution in [-0.4, -0.2) is 71.9 Å². The lowest BCUT2D eigenvalue weighted by Crippen LogP contribution is -2.43. The molecule has 1 aromatic carbocycles. The number of benzene rings is 1. The Morgan fingerprint density at radius 2 is 1.93 bits per heavy atom. The fourth-order valence-electron chi connectivity index (χ4n) is 3.26. The molecule has 0 unspecified atom stereocenters. The SMILES string of the molecule is CN=C(NCc1ccc(C)cc1OCCOC)NCC1CCN(S(C)(=O)=O)CC1.I. The summed E-state index contributed by atoms with van der Waals surface area (Å²) in [5.74, 6) is 2.00. The third kappa shape index (κ3) is 8.94. The van der Waals surface area contributed by atoms with Gasteiger partial charge >= 0.3 is 0 Å². The second-order valence-corrected chi connectivity index (χ2v) is 9.35. The molecule has 30 heavy (non-hydrogen) atoms. The van der Waals surface area contributed by atoms with Crippen LogP contribution in [0.5, 0.6) is 5.75 Å². The fourth-order valence-corrected chi connectivity index (χ4v) is 4.14. The number of piperidine rings is 1. The number of methoxy groups -OCH3 is 1. The molecule has 2 rings (SSSR count). The zero-order valence-electron chi connectivity index (χ0n) is 18.3. The van der Waals surface area contributed by atoms with Crippen molar-refractivity contribution in [2.24, 2.45) is 10.9 Å². The van der Waals surface area contributed by atoms with Crippen molar-refractivity contribution in [2.75, 3.05) is 53.3 Å². The van der Waals surface area contributed by atoms with Crippen molar-refractivity contribution in [3.8, 4) is 5.75 Å². The van der Waals surface area contributed by atoms with Gasteiger partial charge in [-0.25, -0.2) is 12.7 Å². The van der Waals surface area contributed by atoms with E-state index in [4.69, 9.17) is 9.47 Å². The number of nitrogens with zero attached hydrogens (tertiary/aromatic N) is 2. The minimum absolute atomic E-state index is 0. The molecule has 0 spiro atoms. The second-order valence-electron chi connectivity index (χ2n) is 7.36. The number of guanidine groups is 1. The number of aliphatic imine (C=N–C) groups is 1. The van der Waals surface area contributed by atoms with Crippen LogP contribution in [0.15, 0.2) is 23.2 Å². The summed E-state index contributed by atoms with van der Waals surface area (Å²) in [6, 6.07) is 6.14. The average molecular weight is 554 g/mol. The summed E-state index contributed by atoms with van der Waals surface area (Å²) < 4.78 is 35.7. The molecule has 0 atom stereocenters. The molecule has 1 heterocycles. The number of aryl methyl sites for hydroxylation is 1. The van der Waals surface area contributed by atoms with Crippen molar-refractivity contribution in [1.29, 1.82) is 0 Å². The van der Waals surface area contributed by atoms with E-state index < -0.39 is 10.0 Å². The Labute approximate surface area is 197 Å². The topological polar surface area (TPSA) is 92.3 Å². The van der Waals surface area contributed by atoms with Crippen molar-refractivity contribution >= 4 is 40.0 Å². The number of hydrogen-bond acceptors (Lipinski definition) is 5. The molecule has 172 valence electrons. The van der Waals surface area contributed by atoms with Crippen molar-refractivity contribution in [2.45, 2.75) is 26.3 Å². The molecule has 0 aliphatic carbocycles. The van der Waals surface area contributed by atoms with Gasteiger partial charge in [-0.2, -0.15) is 0 Å². The molecule has 0 aromatic heterocycles. The lowest BCUT2D eigenvalue weighted by atomic mass is 9.98. The molecule has 8 nitrogen and oxygen atoms in total. The summed E-state index contributed by atoms with van der Waals surface area (Å²) in [6.07, 6.45) is 2.98. The van der Waals surface area contributed by atoms with Gasteiger partial charge in [0, 0.05) is 45.9 Å². The lowest BCUT2D eigenvalue weighted by molar-refractivity contribution is 0.145. The number of rotatable bonds is 9. The Kier molecular flexibility index (Phi) is 12.0. The van der Waals surface area contributed by atoms with Gasteiger partial charge in [0.1, 0.15) is 12.4 Å². The standard InChI is InChI=1S/C20H34N4O4S.HI/c1-16-5-6-18(19(13-16)28-12-11-27-3)15-23-20(21-2)22-14-17-7-9-24(10-8-17)29(4,25)26;/h5-6,13,17H,7-12,14-15H2,1-4H3,(H2,21,22,23);1H. The van der Waals surface area contributed by atoms with Gasteiger partial charge in [-0.3, -0.25) is 4.99 Å². The van der Waals surface area contributed by atoms with E-state index in [1.54, 1.807) is 18.5 Å². The number of ether oxygens (including phenoxy) is 2. The Morgan fingerprint density at radius 3 is 2.53 bits per heavy atom. The first-order valence-corrected chi connectivity index (χ1v) is 11.8. The van der Waals surface area contributed by atoms with E-state index in [1.165, 1.54) is 6.26 Å². The third-order valence-corrected chi connectivity index (χ3v) is 6.34. The minimum Gasteiger partial charge on any atom is -0.491 e. The van der Waals surface area contributed by atoms with E-state index in [2.05, 4.69) is 27.8 Å². The molecule has 1 saturated heterocycles. The molecular formula is C20H35IN4O4S. The van der Waals surface area contributed by atoms with E-state index in [0.717, 1.165) is 42.2 Å². The Hall–Kier alpha value is -1.11. The molecular weight excluding hydrogens is 519 g/mol. The summed E-state index contributed by atoms with van der Waals surface area (Å²) in [5, 5.41) is 6.69. The van der Waals surface area contributed by atoms with E-state index >= 15 is 0 Å². The molecule has 1 fully saturated rings. The van der Waals surface area contributed by atoms with Crippen LogP contribution in [0.25, 0.3) is 0 Å². The van der Waals surface area contributed by atoms with Gasteiger partial charge < -0.3 is 20.1 Å². The molecule has 0 bridgehead atoms. The van der Waals surface area contributed by atoms with Crippen LogP contribution in [0, 0.1) is 12.8 Å². The molecule has 0 amide bonds. The Bertz CT molecular complexity index is 781. The fraction of sp³-hybridized carbons (Fsp3) is 0.650. The van der Waals surface area contributed by atoms with Crippen LogP contribution in [0.3, 0.4) is 0 Å². The zero-order chi connectivity index (χ0) is 21.3. The van der Waals surface area contributed by atoms with Gasteiger partial charge in [-0.1, -0.05) is 12.1 Å². The van der Waals surface area contributed by atoms with E-state index in [0.29, 0.717) is 38.8 Å². The molecule has 0 saturated carbocycles. The van der Waals surface area contributed by atoms with Crippen molar-refractivity contribution < 1.29 is 17.9 Å². The smallest absolute Gasteiger partial charge is 0.211 e. The zero-order valence-corrected chi connectivity index (χ0v) is 21.5. The maximum atomic E-state index is 11.6. The third-order valence-electron chi connectivity index (χ3n) is 5.04. The van der Waals surface area contributed by atoms with Crippen molar-refractivity contribution in [3.05, 3.63) is 29.3 Å². The molecule has 2 N–H and O–H groups in total. The Morgan fingerprint density at radius 1 is 1.23 bits per heavy atom. The van der Waals surface area contributed by atoms with Crippen LogP contribution in [0.4, 0.5) is 0 Å². The second kappa shape index (κ2) is 13.3. The van der Waals surface area contributed by atoms with E-state index in [1.807, 2.05) is 13.0 Å². The first-order chi connectivity index (χ1) is 13.8. The van der Waals surface area contributed by atoms with E-state index in [-0.39, 0.29) is 24.0 Å². The number of sulfonamides is 1.